The second-order valence-corrected chi connectivity index (χ2v) is 4.71. The molecule has 6 heteroatoms. The lowest BCUT2D eigenvalue weighted by Crippen LogP contribution is -2.33. The van der Waals surface area contributed by atoms with E-state index in [-0.39, 0.29) is 0 Å². The smallest absolute Gasteiger partial charge is 0.171 e. The average molecular weight is 248 g/mol. The van der Waals surface area contributed by atoms with Gasteiger partial charge >= 0.3 is 12.4 Å². The Morgan fingerprint density at radius 1 is 0.562 bits per heavy atom. The van der Waals surface area contributed by atoms with Gasteiger partial charge in [0.2, 0.25) is 0 Å². The summed E-state index contributed by atoms with van der Waals surface area (Å²) in [5.41, 5.74) is 0. The molecule has 0 saturated heterocycles. The van der Waals surface area contributed by atoms with Crippen LogP contribution in [0.5, 0.6) is 0 Å². The van der Waals surface area contributed by atoms with Crippen LogP contribution in [0.4, 0.5) is 26.3 Å². The highest BCUT2D eigenvalue weighted by atomic mass is 19.4. The van der Waals surface area contributed by atoms with Crippen molar-refractivity contribution < 1.29 is 26.3 Å². The van der Waals surface area contributed by atoms with Gasteiger partial charge in [-0.1, -0.05) is 20.8 Å². The molecule has 0 nitrogen and oxygen atoms in total. The van der Waals surface area contributed by atoms with E-state index in [0.717, 1.165) is 6.92 Å². The van der Waals surface area contributed by atoms with E-state index < -0.39 is 41.9 Å². The molecule has 0 N–H and O–H groups in total. The van der Waals surface area contributed by atoms with Gasteiger partial charge in [-0.15, -0.1) is 0 Å². The van der Waals surface area contributed by atoms with E-state index in [2.05, 4.69) is 0 Å². The van der Waals surface area contributed by atoms with Crippen molar-refractivity contribution in [2.45, 2.75) is 33.1 Å². The van der Waals surface area contributed by atoms with Crippen LogP contribution in [0.3, 0.4) is 0 Å². The second-order valence-electron chi connectivity index (χ2n) is 4.71. The summed E-state index contributed by atoms with van der Waals surface area (Å²) in [5, 5.41) is 0. The van der Waals surface area contributed by atoms with Crippen molar-refractivity contribution in [3.8, 4) is 0 Å². The quantitative estimate of drug-likeness (QED) is 0.562. The summed E-state index contributed by atoms with van der Waals surface area (Å²) in [6, 6.07) is 0. The number of alkyl halides is 6. The Bertz CT molecular complexity index is 227. The van der Waals surface area contributed by atoms with Gasteiger partial charge < -0.3 is 0 Å². The van der Waals surface area contributed by atoms with Crippen molar-refractivity contribution in [3.05, 3.63) is 0 Å². The summed E-state index contributed by atoms with van der Waals surface area (Å²) in [6.45, 7) is 3.56. The Morgan fingerprint density at radius 2 is 0.812 bits per heavy atom. The van der Waals surface area contributed by atoms with E-state index in [0.29, 0.717) is 0 Å². The Morgan fingerprint density at radius 3 is 0.938 bits per heavy atom. The molecular weight excluding hydrogens is 234 g/mol. The summed E-state index contributed by atoms with van der Waals surface area (Å²) in [5.74, 6) is -7.07. The van der Waals surface area contributed by atoms with E-state index in [1.165, 1.54) is 13.8 Å². The first-order valence-corrected chi connectivity index (χ1v) is 5.11. The van der Waals surface area contributed by atoms with Crippen molar-refractivity contribution in [1.29, 1.82) is 0 Å². The van der Waals surface area contributed by atoms with Gasteiger partial charge in [0, 0.05) is 0 Å². The van der Waals surface area contributed by atoms with Crippen molar-refractivity contribution in [3.63, 3.8) is 0 Å². The molecule has 0 radical (unpaired) electrons. The van der Waals surface area contributed by atoms with Crippen LogP contribution < -0.4 is 0 Å². The van der Waals surface area contributed by atoms with Crippen LogP contribution in [0.1, 0.15) is 20.8 Å². The van der Waals surface area contributed by atoms with Crippen LogP contribution in [0.15, 0.2) is 0 Å². The minimum atomic E-state index is -4.55. The number of hydrogen-bond acceptors (Lipinski definition) is 0. The zero-order chi connectivity index (χ0) is 12.9. The summed E-state index contributed by atoms with van der Waals surface area (Å²) in [7, 11) is 0. The van der Waals surface area contributed by atoms with E-state index in [4.69, 9.17) is 0 Å². The molecule has 5 atom stereocenters. The zero-order valence-electron chi connectivity index (χ0n) is 9.15. The first kappa shape index (κ1) is 13.6. The van der Waals surface area contributed by atoms with Gasteiger partial charge in [0.05, 0.1) is 11.8 Å². The predicted molar refractivity (Wildman–Crippen MR) is 46.6 cm³/mol. The van der Waals surface area contributed by atoms with Crippen LogP contribution in [0, 0.1) is 29.6 Å². The average Bonchev–Trinajstić information content (AvgIpc) is 2.19. The molecule has 16 heavy (non-hydrogen) atoms. The van der Waals surface area contributed by atoms with Crippen molar-refractivity contribution in [2.24, 2.45) is 29.6 Å². The number of halogens is 6. The highest BCUT2D eigenvalue weighted by molar-refractivity contribution is 4.97. The molecule has 0 aliphatic heterocycles. The lowest BCUT2D eigenvalue weighted by atomic mass is 9.88. The largest absolute Gasteiger partial charge is 0.392 e. The summed E-state index contributed by atoms with van der Waals surface area (Å²) < 4.78 is 75.8. The second kappa shape index (κ2) is 3.81. The molecule has 1 saturated carbocycles. The van der Waals surface area contributed by atoms with Gasteiger partial charge in [-0.2, -0.15) is 26.3 Å². The third-order valence-electron chi connectivity index (χ3n) is 3.85. The maximum absolute atomic E-state index is 12.6. The number of rotatable bonds is 0. The molecule has 0 spiro atoms. The summed E-state index contributed by atoms with van der Waals surface area (Å²) in [4.78, 5) is 0. The van der Waals surface area contributed by atoms with E-state index >= 15 is 0 Å². The first-order valence-electron chi connectivity index (χ1n) is 5.11. The summed E-state index contributed by atoms with van der Waals surface area (Å²) >= 11 is 0. The Balaban J connectivity index is 3.04. The molecule has 0 aromatic heterocycles. The van der Waals surface area contributed by atoms with Crippen LogP contribution >= 0.6 is 0 Å². The fraction of sp³-hybridized carbons (Fsp3) is 1.00. The fourth-order valence-electron chi connectivity index (χ4n) is 3.03. The first-order chi connectivity index (χ1) is 6.98. The van der Waals surface area contributed by atoms with Gasteiger partial charge in [-0.3, -0.25) is 0 Å². The van der Waals surface area contributed by atoms with Crippen molar-refractivity contribution in [2.75, 3.05) is 0 Å². The van der Waals surface area contributed by atoms with Gasteiger partial charge in [-0.05, 0) is 17.8 Å². The Labute approximate surface area is 90.0 Å². The molecule has 0 bridgehead atoms. The van der Waals surface area contributed by atoms with Gasteiger partial charge in [-0.25, -0.2) is 0 Å². The molecule has 1 aliphatic carbocycles. The van der Waals surface area contributed by atoms with Crippen molar-refractivity contribution >= 4 is 0 Å². The highest BCUT2D eigenvalue weighted by Gasteiger charge is 2.62. The SMILES string of the molecule is CC1C(C(F)(F)F)[C@@H](C)[C@@H](C)C1C(F)(F)F. The van der Waals surface area contributed by atoms with E-state index in [9.17, 15) is 26.3 Å². The molecule has 0 amide bonds. The van der Waals surface area contributed by atoms with Crippen LogP contribution in [-0.4, -0.2) is 12.4 Å². The van der Waals surface area contributed by atoms with Crippen LogP contribution in [0.25, 0.3) is 0 Å². The highest BCUT2D eigenvalue weighted by Crippen LogP contribution is 2.56. The lowest BCUT2D eigenvalue weighted by Gasteiger charge is -2.25. The zero-order valence-corrected chi connectivity index (χ0v) is 9.15. The Kier molecular flexibility index (Phi) is 3.25. The number of hydrogen-bond donors (Lipinski definition) is 0. The molecule has 1 rings (SSSR count). The topological polar surface area (TPSA) is 0 Å². The van der Waals surface area contributed by atoms with Gasteiger partial charge in [0.15, 0.2) is 0 Å². The van der Waals surface area contributed by atoms with Gasteiger partial charge in [0.1, 0.15) is 0 Å². The standard InChI is InChI=1S/C10H14F6/c1-4-5(2)8(10(14,15)16)6(3)7(4)9(11,12)13/h4-8H,1-3H3/t4-,5+,6?,7?,8?. The van der Waals surface area contributed by atoms with Crippen LogP contribution in [0.2, 0.25) is 0 Å². The molecular formula is C10H14F6. The molecule has 0 aromatic carbocycles. The fourth-order valence-corrected chi connectivity index (χ4v) is 3.03. The van der Waals surface area contributed by atoms with E-state index in [1.54, 1.807) is 0 Å². The van der Waals surface area contributed by atoms with Gasteiger partial charge in [0.25, 0.3) is 0 Å². The van der Waals surface area contributed by atoms with Crippen LogP contribution in [-0.2, 0) is 0 Å². The van der Waals surface area contributed by atoms with Crippen molar-refractivity contribution in [1.82, 2.24) is 0 Å². The molecule has 96 valence electrons. The normalized spacial score (nSPS) is 41.4. The molecule has 3 unspecified atom stereocenters. The Hall–Kier alpha value is -0.420. The maximum atomic E-state index is 12.6. The summed E-state index contributed by atoms with van der Waals surface area (Å²) in [6.07, 6.45) is -9.10. The third kappa shape index (κ3) is 2.15. The van der Waals surface area contributed by atoms with E-state index in [1.807, 2.05) is 0 Å². The monoisotopic (exact) mass is 248 g/mol. The third-order valence-corrected chi connectivity index (χ3v) is 3.85. The molecule has 1 aliphatic rings. The maximum Gasteiger partial charge on any atom is 0.392 e. The molecule has 0 heterocycles. The minimum absolute atomic E-state index is 0.985. The minimum Gasteiger partial charge on any atom is -0.171 e. The lowest BCUT2D eigenvalue weighted by molar-refractivity contribution is -0.213. The molecule has 1 fully saturated rings. The molecule has 0 aromatic rings. The predicted octanol–water partition coefficient (Wildman–Crippen LogP) is 4.27.